The maximum Gasteiger partial charge on any atom is 0.316 e. The Morgan fingerprint density at radius 3 is 2.33 bits per heavy atom. The summed E-state index contributed by atoms with van der Waals surface area (Å²) in [6.07, 6.45) is 0. The average molecular weight is 255 g/mol. The molecule has 5 heteroatoms. The van der Waals surface area contributed by atoms with Crippen molar-refractivity contribution in [1.82, 2.24) is 0 Å². The summed E-state index contributed by atoms with van der Waals surface area (Å²) in [5, 5.41) is 8.21. The Hall–Kier alpha value is 1.46. The molecule has 0 aromatic heterocycles. The van der Waals surface area contributed by atoms with Crippen molar-refractivity contribution >= 4 is 46.5 Å². The molecule has 0 aliphatic carbocycles. The van der Waals surface area contributed by atoms with Crippen LogP contribution in [0.3, 0.4) is 0 Å². The van der Waals surface area contributed by atoms with Crippen molar-refractivity contribution in [2.24, 2.45) is 0 Å². The fourth-order valence-electron chi connectivity index (χ4n) is 0.274. The van der Waals surface area contributed by atoms with Gasteiger partial charge in [0.25, 0.3) is 0 Å². The quantitative estimate of drug-likeness (QED) is 0.441. The van der Waals surface area contributed by atoms with Crippen LogP contribution in [0.5, 0.6) is 0 Å². The van der Waals surface area contributed by atoms with Gasteiger partial charge in [-0.2, -0.15) is 0 Å². The van der Waals surface area contributed by atoms with Gasteiger partial charge in [-0.15, -0.1) is 0 Å². The molecule has 0 rings (SSSR count). The molecule has 1 N–H and O–H groups in total. The number of rotatable bonds is 5. The first kappa shape index (κ1) is 13.1. The molecule has 3 nitrogen and oxygen atoms in total. The van der Waals surface area contributed by atoms with Crippen LogP contribution in [-0.2, 0) is 7.75 Å². The topological polar surface area (TPSA) is 38.7 Å². The summed E-state index contributed by atoms with van der Waals surface area (Å²) in [4.78, 5) is 0. The second-order valence-electron chi connectivity index (χ2n) is 1.21. The fraction of sp³-hybridized carbons (Fsp3) is 1.00. The smallest absolute Gasteiger partial charge is 0.316 e. The summed E-state index contributed by atoms with van der Waals surface area (Å²) >= 11 is 0.819. The minimum absolute atomic E-state index is 0. The van der Waals surface area contributed by atoms with Gasteiger partial charge in [-0.05, 0) is 0 Å². The van der Waals surface area contributed by atoms with Gasteiger partial charge in [-0.1, -0.05) is 0 Å². The van der Waals surface area contributed by atoms with Gasteiger partial charge >= 0.3 is 85.8 Å². The zero-order valence-corrected chi connectivity index (χ0v) is 7.97. The molecule has 0 amide bonds. The molecule has 0 radical (unpaired) electrons. The van der Waals surface area contributed by atoms with Gasteiger partial charge in [0.15, 0.2) is 0 Å². The van der Waals surface area contributed by atoms with Crippen LogP contribution in [0, 0.1) is 0 Å². The Kier molecular flexibility index (Phi) is 17.7. The molecule has 9 heavy (non-hydrogen) atoms. The van der Waals surface area contributed by atoms with E-state index in [0.29, 0.717) is 19.8 Å². The number of hydrogen-bond donors (Lipinski definition) is 1. The van der Waals surface area contributed by atoms with Gasteiger partial charge < -0.3 is 0 Å². The molecule has 0 aliphatic heterocycles. The van der Waals surface area contributed by atoms with Crippen molar-refractivity contribution in [3.8, 4) is 0 Å². The molecular formula is C4H13MgO3Sb. The predicted molar refractivity (Wildman–Crippen MR) is 40.9 cm³/mol. The summed E-state index contributed by atoms with van der Waals surface area (Å²) in [6.45, 7) is 1.77. The van der Waals surface area contributed by atoms with Crippen LogP contribution in [-0.4, -0.2) is 78.0 Å². The van der Waals surface area contributed by atoms with Crippen LogP contribution >= 0.6 is 0 Å². The van der Waals surface area contributed by atoms with Crippen LogP contribution < -0.4 is 0 Å². The Morgan fingerprint density at radius 2 is 1.89 bits per heavy atom. The van der Waals surface area contributed by atoms with Gasteiger partial charge in [0.2, 0.25) is 0 Å². The Balaban J connectivity index is 0. The molecular weight excluding hydrogens is 242 g/mol. The molecule has 0 unspecified atom stereocenters. The second-order valence-corrected chi connectivity index (χ2v) is 2.16. The molecule has 0 aromatic rings. The van der Waals surface area contributed by atoms with E-state index >= 15 is 0 Å². The summed E-state index contributed by atoms with van der Waals surface area (Å²) < 4.78 is 9.68. The molecule has 0 fully saturated rings. The fourth-order valence-corrected chi connectivity index (χ4v) is 0.548. The second kappa shape index (κ2) is 12.2. The van der Waals surface area contributed by atoms with E-state index in [1.807, 2.05) is 0 Å². The molecule has 0 atom stereocenters. The third kappa shape index (κ3) is 12.6. The predicted octanol–water partition coefficient (Wildman–Crippen LogP) is -2.36. The zero-order valence-electron chi connectivity index (χ0n) is 4.67. The van der Waals surface area contributed by atoms with E-state index in [-0.39, 0.29) is 29.7 Å². The minimum atomic E-state index is 0. The summed E-state index contributed by atoms with van der Waals surface area (Å²) in [7, 11) is 0. The largest absolute Gasteiger partial charge is 0.316 e. The summed E-state index contributed by atoms with van der Waals surface area (Å²) in [5.74, 6) is 0. The van der Waals surface area contributed by atoms with E-state index in [2.05, 4.69) is 0 Å². The molecule has 0 saturated heterocycles. The van der Waals surface area contributed by atoms with Gasteiger partial charge in [0.1, 0.15) is 0 Å². The SMILES string of the molecule is OCCOCC[O][SbH2].[MgH2]. The Labute approximate surface area is 85.3 Å². The van der Waals surface area contributed by atoms with Crippen molar-refractivity contribution in [2.75, 3.05) is 26.4 Å². The summed E-state index contributed by atoms with van der Waals surface area (Å²) in [5.41, 5.74) is 0. The van der Waals surface area contributed by atoms with Crippen LogP contribution in [0.15, 0.2) is 0 Å². The monoisotopic (exact) mass is 254 g/mol. The maximum absolute atomic E-state index is 8.21. The number of aliphatic hydroxyl groups is 1. The third-order valence-electron chi connectivity index (χ3n) is 0.581. The van der Waals surface area contributed by atoms with Crippen molar-refractivity contribution in [1.29, 1.82) is 0 Å². The van der Waals surface area contributed by atoms with Crippen molar-refractivity contribution in [2.45, 2.75) is 0 Å². The van der Waals surface area contributed by atoms with Gasteiger partial charge in [-0.25, -0.2) is 0 Å². The third-order valence-corrected chi connectivity index (χ3v) is 1.25. The molecule has 0 heterocycles. The number of ether oxygens (including phenoxy) is 1. The first-order chi connectivity index (χ1) is 3.91. The summed E-state index contributed by atoms with van der Waals surface area (Å²) in [6, 6.07) is 0. The Bertz CT molecular complexity index is 40.8. The van der Waals surface area contributed by atoms with E-state index in [1.54, 1.807) is 0 Å². The zero-order chi connectivity index (χ0) is 6.24. The number of hydrogen-bond acceptors (Lipinski definition) is 3. The van der Waals surface area contributed by atoms with E-state index in [1.165, 1.54) is 0 Å². The minimum Gasteiger partial charge on any atom is 0.316 e. The van der Waals surface area contributed by atoms with Crippen molar-refractivity contribution < 1.29 is 12.9 Å². The molecule has 54 valence electrons. The molecule has 0 aromatic carbocycles. The molecule has 0 saturated carbocycles. The van der Waals surface area contributed by atoms with Gasteiger partial charge in [0, 0.05) is 0 Å². The van der Waals surface area contributed by atoms with E-state index in [0.717, 1.165) is 23.4 Å². The van der Waals surface area contributed by atoms with Crippen molar-refractivity contribution in [3.05, 3.63) is 0 Å². The van der Waals surface area contributed by atoms with E-state index in [9.17, 15) is 0 Å². The van der Waals surface area contributed by atoms with Crippen molar-refractivity contribution in [3.63, 3.8) is 0 Å². The number of aliphatic hydroxyl groups excluding tert-OH is 1. The van der Waals surface area contributed by atoms with Crippen LogP contribution in [0.4, 0.5) is 0 Å². The molecule has 0 bridgehead atoms. The Morgan fingerprint density at radius 1 is 1.22 bits per heavy atom. The van der Waals surface area contributed by atoms with Crippen LogP contribution in [0.2, 0.25) is 0 Å². The van der Waals surface area contributed by atoms with Crippen LogP contribution in [0.1, 0.15) is 0 Å². The first-order valence-electron chi connectivity index (χ1n) is 2.42. The van der Waals surface area contributed by atoms with E-state index < -0.39 is 0 Å². The molecule has 0 spiro atoms. The van der Waals surface area contributed by atoms with E-state index in [4.69, 9.17) is 12.9 Å². The van der Waals surface area contributed by atoms with Gasteiger partial charge in [0.05, 0.1) is 0 Å². The van der Waals surface area contributed by atoms with Crippen LogP contribution in [0.25, 0.3) is 0 Å². The molecule has 0 aliphatic rings. The maximum atomic E-state index is 8.21. The van der Waals surface area contributed by atoms with Gasteiger partial charge in [-0.3, -0.25) is 0 Å². The standard InChI is InChI=1S/C4H9O3.Mg.Sb.4H/c5-1-3-7-4-2-6;;;;;;/h5H,1-4H2;;;;;;/q-1;;+1;;;;. The normalized spacial score (nSPS) is 8.67. The first-order valence-corrected chi connectivity index (χ1v) is 3.76. The average Bonchev–Trinajstić information content (AvgIpc) is 1.81.